The minimum atomic E-state index is 0.692. The number of nitrogens with zero attached hydrogens (tertiary/aromatic N) is 1. The third-order valence-corrected chi connectivity index (χ3v) is 4.57. The molecule has 0 radical (unpaired) electrons. The highest BCUT2D eigenvalue weighted by molar-refractivity contribution is 7.99. The van der Waals surface area contributed by atoms with Crippen molar-refractivity contribution in [2.75, 3.05) is 31.9 Å². The summed E-state index contributed by atoms with van der Waals surface area (Å²) in [4.78, 5) is 2.64. The topological polar surface area (TPSA) is 15.3 Å². The largest absolute Gasteiger partial charge is 0.312 e. The van der Waals surface area contributed by atoms with Crippen LogP contribution in [0.4, 0.5) is 0 Å². The van der Waals surface area contributed by atoms with Gasteiger partial charge < -0.3 is 5.32 Å². The Labute approximate surface area is 91.8 Å². The first-order chi connectivity index (χ1) is 6.84. The van der Waals surface area contributed by atoms with Gasteiger partial charge in [-0.3, -0.25) is 4.90 Å². The molecule has 2 unspecified atom stereocenters. The molecule has 2 rings (SSSR count). The lowest BCUT2D eigenvalue weighted by molar-refractivity contribution is 0.205. The van der Waals surface area contributed by atoms with Crippen LogP contribution >= 0.6 is 11.8 Å². The second kappa shape index (κ2) is 5.38. The number of rotatable bonds is 2. The zero-order chi connectivity index (χ0) is 9.80. The van der Waals surface area contributed by atoms with E-state index in [0.717, 1.165) is 5.25 Å². The summed E-state index contributed by atoms with van der Waals surface area (Å²) in [5.41, 5.74) is 0. The molecule has 0 amide bonds. The molecule has 2 atom stereocenters. The van der Waals surface area contributed by atoms with E-state index in [-0.39, 0.29) is 0 Å². The van der Waals surface area contributed by atoms with Gasteiger partial charge in [0.1, 0.15) is 0 Å². The number of hydrogen-bond donors (Lipinski definition) is 1. The Kier molecular flexibility index (Phi) is 4.14. The van der Waals surface area contributed by atoms with Gasteiger partial charge in [-0.25, -0.2) is 0 Å². The van der Waals surface area contributed by atoms with E-state index in [2.05, 4.69) is 28.9 Å². The molecule has 0 aromatic heterocycles. The van der Waals surface area contributed by atoms with Crippen molar-refractivity contribution >= 4 is 11.8 Å². The molecule has 0 bridgehead atoms. The Balaban J connectivity index is 1.72. The molecule has 1 N–H and O–H groups in total. The second-order valence-electron chi connectivity index (χ2n) is 4.60. The minimum Gasteiger partial charge on any atom is -0.312 e. The number of nitrogens with one attached hydrogen (secondary N) is 1. The van der Waals surface area contributed by atoms with Crippen LogP contribution in [0.25, 0.3) is 0 Å². The van der Waals surface area contributed by atoms with E-state index in [9.17, 15) is 0 Å². The standard InChI is InChI=1S/C11H22N2S/c1-10-8-13(6-5-12-10)9-11-4-2-3-7-14-11/h10-12H,2-9H2,1H3. The van der Waals surface area contributed by atoms with Crippen molar-refractivity contribution in [3.63, 3.8) is 0 Å². The molecular formula is C11H22N2S. The molecule has 2 aliphatic rings. The molecule has 0 spiro atoms. The van der Waals surface area contributed by atoms with Crippen molar-refractivity contribution < 1.29 is 0 Å². The summed E-state index contributed by atoms with van der Waals surface area (Å²) in [5.74, 6) is 1.40. The SMILES string of the molecule is CC1CN(CC2CCCCS2)CCN1. The van der Waals surface area contributed by atoms with Crippen LogP contribution in [0, 0.1) is 0 Å². The Hall–Kier alpha value is 0.270. The van der Waals surface area contributed by atoms with Gasteiger partial charge in [-0.1, -0.05) is 6.42 Å². The summed E-state index contributed by atoms with van der Waals surface area (Å²) < 4.78 is 0. The molecule has 2 heterocycles. The van der Waals surface area contributed by atoms with Crippen molar-refractivity contribution in [1.82, 2.24) is 10.2 Å². The highest BCUT2D eigenvalue weighted by atomic mass is 32.2. The second-order valence-corrected chi connectivity index (χ2v) is 6.01. The molecule has 0 aromatic rings. The quantitative estimate of drug-likeness (QED) is 0.751. The molecular weight excluding hydrogens is 192 g/mol. The van der Waals surface area contributed by atoms with Crippen LogP contribution < -0.4 is 5.32 Å². The summed E-state index contributed by atoms with van der Waals surface area (Å²) in [6, 6.07) is 0.692. The van der Waals surface area contributed by atoms with Crippen LogP contribution in [0.1, 0.15) is 26.2 Å². The fourth-order valence-corrected chi connectivity index (χ4v) is 3.77. The van der Waals surface area contributed by atoms with Gasteiger partial charge in [-0.15, -0.1) is 0 Å². The van der Waals surface area contributed by atoms with Gasteiger partial charge in [0.05, 0.1) is 0 Å². The van der Waals surface area contributed by atoms with E-state index < -0.39 is 0 Å². The van der Waals surface area contributed by atoms with Crippen LogP contribution in [0.5, 0.6) is 0 Å². The van der Waals surface area contributed by atoms with Gasteiger partial charge in [0.2, 0.25) is 0 Å². The van der Waals surface area contributed by atoms with E-state index in [1.165, 1.54) is 51.2 Å². The van der Waals surface area contributed by atoms with E-state index in [1.54, 1.807) is 0 Å². The average Bonchev–Trinajstić information content (AvgIpc) is 2.19. The molecule has 3 heteroatoms. The molecule has 82 valence electrons. The molecule has 0 aliphatic carbocycles. The van der Waals surface area contributed by atoms with E-state index >= 15 is 0 Å². The minimum absolute atomic E-state index is 0.692. The third-order valence-electron chi connectivity index (χ3n) is 3.19. The van der Waals surface area contributed by atoms with Crippen LogP contribution in [0.2, 0.25) is 0 Å². The van der Waals surface area contributed by atoms with Crippen molar-refractivity contribution in [3.05, 3.63) is 0 Å². The van der Waals surface area contributed by atoms with Gasteiger partial charge in [-0.05, 0) is 25.5 Å². The van der Waals surface area contributed by atoms with Crippen molar-refractivity contribution in [2.45, 2.75) is 37.5 Å². The maximum atomic E-state index is 3.50. The molecule has 14 heavy (non-hydrogen) atoms. The predicted octanol–water partition coefficient (Wildman–Crippen LogP) is 1.57. The van der Waals surface area contributed by atoms with E-state index in [0.29, 0.717) is 6.04 Å². The lowest BCUT2D eigenvalue weighted by Crippen LogP contribution is -2.50. The first-order valence-corrected chi connectivity index (χ1v) is 6.97. The highest BCUT2D eigenvalue weighted by Crippen LogP contribution is 2.25. The lowest BCUT2D eigenvalue weighted by atomic mass is 10.1. The fraction of sp³-hybridized carbons (Fsp3) is 1.00. The Morgan fingerprint density at radius 1 is 1.43 bits per heavy atom. The fourth-order valence-electron chi connectivity index (χ4n) is 2.42. The number of thioether (sulfide) groups is 1. The van der Waals surface area contributed by atoms with Crippen LogP contribution in [0.3, 0.4) is 0 Å². The van der Waals surface area contributed by atoms with Crippen LogP contribution in [-0.4, -0.2) is 48.1 Å². The first-order valence-electron chi connectivity index (χ1n) is 5.92. The van der Waals surface area contributed by atoms with E-state index in [1.807, 2.05) is 0 Å². The predicted molar refractivity (Wildman–Crippen MR) is 64.0 cm³/mol. The molecule has 2 saturated heterocycles. The smallest absolute Gasteiger partial charge is 0.0175 e. The Morgan fingerprint density at radius 2 is 2.36 bits per heavy atom. The molecule has 2 fully saturated rings. The van der Waals surface area contributed by atoms with Gasteiger partial charge in [-0.2, -0.15) is 11.8 Å². The molecule has 2 nitrogen and oxygen atoms in total. The summed E-state index contributed by atoms with van der Waals surface area (Å²) in [6.45, 7) is 7.30. The Morgan fingerprint density at radius 3 is 3.07 bits per heavy atom. The number of hydrogen-bond acceptors (Lipinski definition) is 3. The lowest BCUT2D eigenvalue weighted by Gasteiger charge is -2.35. The highest BCUT2D eigenvalue weighted by Gasteiger charge is 2.21. The summed E-state index contributed by atoms with van der Waals surface area (Å²) in [7, 11) is 0. The van der Waals surface area contributed by atoms with Crippen LogP contribution in [-0.2, 0) is 0 Å². The molecule has 0 saturated carbocycles. The monoisotopic (exact) mass is 214 g/mol. The Bertz CT molecular complexity index is 169. The summed E-state index contributed by atoms with van der Waals surface area (Å²) in [6.07, 6.45) is 4.35. The maximum Gasteiger partial charge on any atom is 0.0175 e. The van der Waals surface area contributed by atoms with E-state index in [4.69, 9.17) is 0 Å². The zero-order valence-corrected chi connectivity index (χ0v) is 9.98. The van der Waals surface area contributed by atoms with Gasteiger partial charge in [0, 0.05) is 37.5 Å². The van der Waals surface area contributed by atoms with Gasteiger partial charge >= 0.3 is 0 Å². The average molecular weight is 214 g/mol. The molecule has 2 aliphatic heterocycles. The van der Waals surface area contributed by atoms with Crippen molar-refractivity contribution in [1.29, 1.82) is 0 Å². The zero-order valence-electron chi connectivity index (χ0n) is 9.17. The van der Waals surface area contributed by atoms with Crippen molar-refractivity contribution in [3.8, 4) is 0 Å². The van der Waals surface area contributed by atoms with Gasteiger partial charge in [0.25, 0.3) is 0 Å². The maximum absolute atomic E-state index is 3.50. The van der Waals surface area contributed by atoms with Gasteiger partial charge in [0.15, 0.2) is 0 Å². The molecule has 0 aromatic carbocycles. The third kappa shape index (κ3) is 3.14. The number of piperazine rings is 1. The normalized spacial score (nSPS) is 35.8. The summed E-state index contributed by atoms with van der Waals surface area (Å²) in [5, 5.41) is 4.43. The van der Waals surface area contributed by atoms with Crippen molar-refractivity contribution in [2.24, 2.45) is 0 Å². The van der Waals surface area contributed by atoms with Crippen LogP contribution in [0.15, 0.2) is 0 Å². The summed E-state index contributed by atoms with van der Waals surface area (Å²) >= 11 is 2.20. The first kappa shape index (κ1) is 10.8.